The van der Waals surface area contributed by atoms with Gasteiger partial charge in [-0.3, -0.25) is 0 Å². The molecule has 0 aliphatic heterocycles. The Hall–Kier alpha value is -5.92. The molecule has 10 rings (SSSR count). The summed E-state index contributed by atoms with van der Waals surface area (Å²) in [5.41, 5.74) is 14.0. The van der Waals surface area contributed by atoms with Crippen molar-refractivity contribution in [3.63, 3.8) is 0 Å². The molecular formula is C44H27N. The lowest BCUT2D eigenvalue weighted by atomic mass is 9.91. The number of hydrogen-bond acceptors (Lipinski definition) is 0. The lowest BCUT2D eigenvalue weighted by Crippen LogP contribution is -1.94. The van der Waals surface area contributed by atoms with Gasteiger partial charge in [-0.15, -0.1) is 0 Å². The molecule has 0 unspecified atom stereocenters. The third kappa shape index (κ3) is 3.44. The zero-order valence-corrected chi connectivity index (χ0v) is 24.5. The van der Waals surface area contributed by atoms with Crippen molar-refractivity contribution in [2.24, 2.45) is 0 Å². The summed E-state index contributed by atoms with van der Waals surface area (Å²) in [6, 6.07) is 60.1. The predicted octanol–water partition coefficient (Wildman–Crippen LogP) is 12.1. The fourth-order valence-corrected chi connectivity index (χ4v) is 7.80. The lowest BCUT2D eigenvalue weighted by Gasteiger charge is -2.14. The molecule has 0 atom stereocenters. The highest BCUT2D eigenvalue weighted by atomic mass is 15.0. The van der Waals surface area contributed by atoms with Crippen molar-refractivity contribution in [3.8, 4) is 50.2 Å². The second-order valence-corrected chi connectivity index (χ2v) is 12.1. The Morgan fingerprint density at radius 3 is 1.64 bits per heavy atom. The van der Waals surface area contributed by atoms with Gasteiger partial charge in [0.25, 0.3) is 0 Å². The number of para-hydroxylation sites is 2. The molecule has 208 valence electrons. The van der Waals surface area contributed by atoms with Crippen LogP contribution in [0, 0.1) is 0 Å². The molecule has 0 saturated carbocycles. The van der Waals surface area contributed by atoms with Gasteiger partial charge in [-0.05, 0) is 84.9 Å². The molecule has 8 aromatic carbocycles. The van der Waals surface area contributed by atoms with Crippen LogP contribution in [0.4, 0.5) is 0 Å². The zero-order chi connectivity index (χ0) is 29.5. The van der Waals surface area contributed by atoms with Gasteiger partial charge in [-0.1, -0.05) is 140 Å². The van der Waals surface area contributed by atoms with Gasteiger partial charge in [-0.25, -0.2) is 0 Å². The Kier molecular flexibility index (Phi) is 5.06. The van der Waals surface area contributed by atoms with E-state index in [-0.39, 0.29) is 0 Å². The Bertz CT molecular complexity index is 2590. The molecule has 0 saturated heterocycles. The highest BCUT2D eigenvalue weighted by Crippen LogP contribution is 2.49. The molecule has 0 fully saturated rings. The molecular weight excluding hydrogens is 542 g/mol. The Morgan fingerprint density at radius 2 is 0.867 bits per heavy atom. The number of fused-ring (bicyclic) bond motifs is 8. The van der Waals surface area contributed by atoms with E-state index < -0.39 is 0 Å². The molecule has 0 N–H and O–H groups in total. The minimum absolute atomic E-state index is 1.18. The monoisotopic (exact) mass is 569 g/mol. The highest BCUT2D eigenvalue weighted by molar-refractivity contribution is 6.22. The average molecular weight is 570 g/mol. The maximum Gasteiger partial charge on any atom is 0.0619 e. The predicted molar refractivity (Wildman–Crippen MR) is 191 cm³/mol. The van der Waals surface area contributed by atoms with Crippen LogP contribution in [-0.2, 0) is 0 Å². The lowest BCUT2D eigenvalue weighted by molar-refractivity contribution is 1.19. The van der Waals surface area contributed by atoms with Crippen molar-refractivity contribution in [1.82, 2.24) is 4.57 Å². The fraction of sp³-hybridized carbons (Fsp3) is 0. The molecule has 0 amide bonds. The van der Waals surface area contributed by atoms with Crippen LogP contribution in [0.15, 0.2) is 164 Å². The van der Waals surface area contributed by atoms with Gasteiger partial charge in [0, 0.05) is 21.8 Å². The Labute approximate surface area is 261 Å². The van der Waals surface area contributed by atoms with Gasteiger partial charge < -0.3 is 4.57 Å². The van der Waals surface area contributed by atoms with Crippen LogP contribution in [-0.4, -0.2) is 4.57 Å². The fourth-order valence-electron chi connectivity index (χ4n) is 7.80. The molecule has 1 aromatic heterocycles. The first-order valence-corrected chi connectivity index (χ1v) is 15.6. The van der Waals surface area contributed by atoms with E-state index in [9.17, 15) is 0 Å². The molecule has 0 bridgehead atoms. The molecule has 45 heavy (non-hydrogen) atoms. The number of hydrogen-bond donors (Lipinski definition) is 0. The van der Waals surface area contributed by atoms with Crippen LogP contribution in [0.5, 0.6) is 0 Å². The van der Waals surface area contributed by atoms with Crippen molar-refractivity contribution in [2.45, 2.75) is 0 Å². The number of nitrogens with zero attached hydrogens (tertiary/aromatic N) is 1. The third-order valence-electron chi connectivity index (χ3n) is 9.74. The number of aromatic nitrogens is 1. The highest BCUT2D eigenvalue weighted by Gasteiger charge is 2.22. The zero-order valence-electron chi connectivity index (χ0n) is 24.5. The van der Waals surface area contributed by atoms with E-state index >= 15 is 0 Å². The van der Waals surface area contributed by atoms with Crippen molar-refractivity contribution in [1.29, 1.82) is 0 Å². The second-order valence-electron chi connectivity index (χ2n) is 12.1. The molecule has 0 spiro atoms. The van der Waals surface area contributed by atoms with Gasteiger partial charge in [-0.2, -0.15) is 0 Å². The molecule has 1 nitrogen and oxygen atoms in total. The van der Waals surface area contributed by atoms with Crippen LogP contribution in [0.3, 0.4) is 0 Å². The van der Waals surface area contributed by atoms with Gasteiger partial charge in [0.05, 0.1) is 11.0 Å². The van der Waals surface area contributed by atoms with Gasteiger partial charge >= 0.3 is 0 Å². The first kappa shape index (κ1) is 24.5. The number of rotatable bonds is 3. The quantitative estimate of drug-likeness (QED) is 0.199. The summed E-state index contributed by atoms with van der Waals surface area (Å²) in [4.78, 5) is 0. The topological polar surface area (TPSA) is 4.93 Å². The van der Waals surface area contributed by atoms with Crippen molar-refractivity contribution in [3.05, 3.63) is 164 Å². The molecule has 0 radical (unpaired) electrons. The van der Waals surface area contributed by atoms with E-state index in [1.54, 1.807) is 0 Å². The van der Waals surface area contributed by atoms with Gasteiger partial charge in [0.1, 0.15) is 0 Å². The van der Waals surface area contributed by atoms with E-state index in [2.05, 4.69) is 168 Å². The second kappa shape index (κ2) is 9.29. The normalized spacial score (nSPS) is 12.0. The summed E-state index contributed by atoms with van der Waals surface area (Å²) in [5, 5.41) is 7.76. The van der Waals surface area contributed by atoms with Crippen LogP contribution in [0.2, 0.25) is 0 Å². The van der Waals surface area contributed by atoms with Crippen LogP contribution in [0.25, 0.3) is 93.5 Å². The third-order valence-corrected chi connectivity index (χ3v) is 9.74. The minimum atomic E-state index is 1.18. The van der Waals surface area contributed by atoms with E-state index in [4.69, 9.17) is 0 Å². The van der Waals surface area contributed by atoms with E-state index in [0.717, 1.165) is 0 Å². The maximum absolute atomic E-state index is 2.42. The van der Waals surface area contributed by atoms with Gasteiger partial charge in [0.15, 0.2) is 0 Å². The smallest absolute Gasteiger partial charge is 0.0619 e. The largest absolute Gasteiger partial charge is 0.309 e. The summed E-state index contributed by atoms with van der Waals surface area (Å²) < 4.78 is 2.42. The molecule has 1 aliphatic carbocycles. The van der Waals surface area contributed by atoms with Crippen molar-refractivity contribution >= 4 is 43.4 Å². The van der Waals surface area contributed by atoms with Crippen molar-refractivity contribution in [2.75, 3.05) is 0 Å². The summed E-state index contributed by atoms with van der Waals surface area (Å²) in [7, 11) is 0. The average Bonchev–Trinajstić information content (AvgIpc) is 3.63. The van der Waals surface area contributed by atoms with E-state index in [1.807, 2.05) is 0 Å². The summed E-state index contributed by atoms with van der Waals surface area (Å²) in [6.07, 6.45) is 0. The van der Waals surface area contributed by atoms with Gasteiger partial charge in [0.2, 0.25) is 0 Å². The Morgan fingerprint density at radius 1 is 0.311 bits per heavy atom. The first-order chi connectivity index (χ1) is 22.3. The first-order valence-electron chi connectivity index (χ1n) is 15.6. The van der Waals surface area contributed by atoms with Crippen LogP contribution >= 0.6 is 0 Å². The van der Waals surface area contributed by atoms with E-state index in [0.29, 0.717) is 0 Å². The van der Waals surface area contributed by atoms with Crippen LogP contribution < -0.4 is 0 Å². The maximum atomic E-state index is 2.42. The summed E-state index contributed by atoms with van der Waals surface area (Å²) >= 11 is 0. The SMILES string of the molecule is c1ccc(-n2c3ccccc3c3cc(-c4ccc(-c5ccc6c7c(cccc57)-c5ccccc5-6)cc4)c4ccccc4c32)cc1. The molecule has 1 heterocycles. The van der Waals surface area contributed by atoms with Crippen LogP contribution in [0.1, 0.15) is 0 Å². The van der Waals surface area contributed by atoms with E-state index in [1.165, 1.54) is 93.5 Å². The molecule has 1 aliphatic rings. The summed E-state index contributed by atoms with van der Waals surface area (Å²) in [6.45, 7) is 0. The summed E-state index contributed by atoms with van der Waals surface area (Å²) in [5.74, 6) is 0. The molecule has 9 aromatic rings. The molecule has 1 heteroatoms. The standard InChI is InChI=1S/C44H27N/c1-2-11-30(12-3-1)45-42-20-9-8-16-35(42)41-27-40(34-15-6-7-17-39(34)44(41)45)29-23-21-28(22-24-29)31-25-26-38-33-14-5-4-13-32(33)37-19-10-18-36(31)43(37)38/h1-27H. The number of benzene rings is 8. The van der Waals surface area contributed by atoms with Crippen molar-refractivity contribution < 1.29 is 0 Å². The Balaban J connectivity index is 1.17. The minimum Gasteiger partial charge on any atom is -0.309 e.